The van der Waals surface area contributed by atoms with Gasteiger partial charge in [0.15, 0.2) is 0 Å². The van der Waals surface area contributed by atoms with E-state index in [1.807, 2.05) is 13.8 Å². The fraction of sp³-hybridized carbons (Fsp3) is 0.455. The quantitative estimate of drug-likeness (QED) is 0.803. The topological polar surface area (TPSA) is 51.2 Å². The number of pyridine rings is 1. The lowest BCUT2D eigenvalue weighted by atomic mass is 10.3. The van der Waals surface area contributed by atoms with Gasteiger partial charge in [0.1, 0.15) is 10.8 Å². The SMILES string of the molecule is CCOCC(C)NC(=O)c1cccc(Cl)n1. The van der Waals surface area contributed by atoms with Gasteiger partial charge in [-0.2, -0.15) is 0 Å². The standard InChI is InChI=1S/C11H15ClN2O2/c1-3-16-7-8(2)13-11(15)9-5-4-6-10(12)14-9/h4-6,8H,3,7H2,1-2H3,(H,13,15). The highest BCUT2D eigenvalue weighted by atomic mass is 35.5. The van der Waals surface area contributed by atoms with E-state index in [2.05, 4.69) is 10.3 Å². The summed E-state index contributed by atoms with van der Waals surface area (Å²) in [5.74, 6) is -0.241. The second-order valence-corrected chi connectivity index (χ2v) is 3.77. The Morgan fingerprint density at radius 2 is 2.38 bits per heavy atom. The van der Waals surface area contributed by atoms with Crippen molar-refractivity contribution in [3.05, 3.63) is 29.0 Å². The smallest absolute Gasteiger partial charge is 0.270 e. The van der Waals surface area contributed by atoms with Crippen LogP contribution in [0.5, 0.6) is 0 Å². The summed E-state index contributed by atoms with van der Waals surface area (Å²) in [5.41, 5.74) is 0.316. The van der Waals surface area contributed by atoms with Gasteiger partial charge < -0.3 is 10.1 Å². The van der Waals surface area contributed by atoms with Crippen LogP contribution in [0.15, 0.2) is 18.2 Å². The molecule has 0 bridgehead atoms. The minimum Gasteiger partial charge on any atom is -0.380 e. The van der Waals surface area contributed by atoms with Gasteiger partial charge in [-0.1, -0.05) is 17.7 Å². The third kappa shape index (κ3) is 4.16. The van der Waals surface area contributed by atoms with Crippen LogP contribution in [-0.2, 0) is 4.74 Å². The second-order valence-electron chi connectivity index (χ2n) is 3.38. The fourth-order valence-electron chi connectivity index (χ4n) is 1.17. The molecule has 1 amide bonds. The Morgan fingerprint density at radius 3 is 3.00 bits per heavy atom. The molecular weight excluding hydrogens is 228 g/mol. The van der Waals surface area contributed by atoms with Gasteiger partial charge in [-0.05, 0) is 26.0 Å². The zero-order valence-corrected chi connectivity index (χ0v) is 10.1. The van der Waals surface area contributed by atoms with E-state index in [4.69, 9.17) is 16.3 Å². The first kappa shape index (κ1) is 12.9. The van der Waals surface area contributed by atoms with Crippen molar-refractivity contribution in [2.24, 2.45) is 0 Å². The van der Waals surface area contributed by atoms with E-state index in [1.54, 1.807) is 18.2 Å². The fourth-order valence-corrected chi connectivity index (χ4v) is 1.33. The van der Waals surface area contributed by atoms with Gasteiger partial charge in [-0.25, -0.2) is 4.98 Å². The number of halogens is 1. The summed E-state index contributed by atoms with van der Waals surface area (Å²) < 4.78 is 5.19. The van der Waals surface area contributed by atoms with Crippen LogP contribution in [0, 0.1) is 0 Å². The van der Waals surface area contributed by atoms with Crippen molar-refractivity contribution < 1.29 is 9.53 Å². The van der Waals surface area contributed by atoms with Gasteiger partial charge >= 0.3 is 0 Å². The molecule has 0 aromatic carbocycles. The average Bonchev–Trinajstić information content (AvgIpc) is 2.26. The molecular formula is C11H15ClN2O2. The van der Waals surface area contributed by atoms with Gasteiger partial charge in [0.2, 0.25) is 0 Å². The van der Waals surface area contributed by atoms with E-state index in [1.165, 1.54) is 0 Å². The summed E-state index contributed by atoms with van der Waals surface area (Å²) in [7, 11) is 0. The lowest BCUT2D eigenvalue weighted by Gasteiger charge is -2.13. The van der Waals surface area contributed by atoms with E-state index in [-0.39, 0.29) is 11.9 Å². The minimum atomic E-state index is -0.241. The number of amides is 1. The molecule has 1 atom stereocenters. The van der Waals surface area contributed by atoms with Gasteiger partial charge in [-0.3, -0.25) is 4.79 Å². The third-order valence-corrected chi connectivity index (χ3v) is 2.11. The molecule has 1 heterocycles. The van der Waals surface area contributed by atoms with E-state index >= 15 is 0 Å². The summed E-state index contributed by atoms with van der Waals surface area (Å²) in [6.07, 6.45) is 0. The minimum absolute atomic E-state index is 0.0479. The summed E-state index contributed by atoms with van der Waals surface area (Å²) in [6, 6.07) is 4.89. The Hall–Kier alpha value is -1.13. The maximum Gasteiger partial charge on any atom is 0.270 e. The van der Waals surface area contributed by atoms with Crippen LogP contribution in [0.1, 0.15) is 24.3 Å². The molecule has 1 aromatic rings. The van der Waals surface area contributed by atoms with Crippen LogP contribution in [0.25, 0.3) is 0 Å². The number of hydrogen-bond acceptors (Lipinski definition) is 3. The molecule has 0 fully saturated rings. The van der Waals surface area contributed by atoms with Gasteiger partial charge in [-0.15, -0.1) is 0 Å². The number of nitrogens with zero attached hydrogens (tertiary/aromatic N) is 1. The summed E-state index contributed by atoms with van der Waals surface area (Å²) >= 11 is 5.69. The maximum atomic E-state index is 11.7. The van der Waals surface area contributed by atoms with Crippen molar-refractivity contribution in [1.82, 2.24) is 10.3 Å². The molecule has 4 nitrogen and oxygen atoms in total. The van der Waals surface area contributed by atoms with Gasteiger partial charge in [0, 0.05) is 12.6 Å². The number of rotatable bonds is 5. The lowest BCUT2D eigenvalue weighted by Crippen LogP contribution is -2.36. The third-order valence-electron chi connectivity index (χ3n) is 1.90. The van der Waals surface area contributed by atoms with Crippen LogP contribution in [0.4, 0.5) is 0 Å². The highest BCUT2D eigenvalue weighted by Gasteiger charge is 2.10. The van der Waals surface area contributed by atoms with Crippen molar-refractivity contribution in [2.75, 3.05) is 13.2 Å². The van der Waals surface area contributed by atoms with Gasteiger partial charge in [0.25, 0.3) is 5.91 Å². The molecule has 1 aromatic heterocycles. The number of carbonyl (C=O) groups excluding carboxylic acids is 1. The molecule has 1 unspecified atom stereocenters. The van der Waals surface area contributed by atoms with Crippen molar-refractivity contribution >= 4 is 17.5 Å². The van der Waals surface area contributed by atoms with Crippen LogP contribution in [0.3, 0.4) is 0 Å². The van der Waals surface area contributed by atoms with E-state index in [9.17, 15) is 4.79 Å². The summed E-state index contributed by atoms with van der Waals surface area (Å²) in [5, 5.41) is 3.08. The van der Waals surface area contributed by atoms with Crippen LogP contribution < -0.4 is 5.32 Å². The van der Waals surface area contributed by atoms with Crippen molar-refractivity contribution in [3.8, 4) is 0 Å². The number of ether oxygens (including phenoxy) is 1. The van der Waals surface area contributed by atoms with Crippen LogP contribution >= 0.6 is 11.6 Å². The average molecular weight is 243 g/mol. The molecule has 0 saturated heterocycles. The molecule has 0 aliphatic carbocycles. The van der Waals surface area contributed by atoms with Crippen molar-refractivity contribution in [2.45, 2.75) is 19.9 Å². The first-order valence-corrected chi connectivity index (χ1v) is 5.52. The molecule has 1 rings (SSSR count). The molecule has 0 aliphatic rings. The molecule has 0 radical (unpaired) electrons. The number of aromatic nitrogens is 1. The van der Waals surface area contributed by atoms with Crippen molar-refractivity contribution in [3.63, 3.8) is 0 Å². The zero-order chi connectivity index (χ0) is 12.0. The molecule has 1 N–H and O–H groups in total. The molecule has 88 valence electrons. The monoisotopic (exact) mass is 242 g/mol. The predicted molar refractivity (Wildman–Crippen MR) is 62.7 cm³/mol. The Kier molecular flexibility index (Phi) is 5.22. The first-order chi connectivity index (χ1) is 7.63. The molecule has 0 aliphatic heterocycles. The Balaban J connectivity index is 2.52. The van der Waals surface area contributed by atoms with Crippen LogP contribution in [-0.4, -0.2) is 30.1 Å². The first-order valence-electron chi connectivity index (χ1n) is 5.14. The van der Waals surface area contributed by atoms with Gasteiger partial charge in [0.05, 0.1) is 6.61 Å². The molecule has 0 saturated carbocycles. The summed E-state index contributed by atoms with van der Waals surface area (Å²) in [6.45, 7) is 4.91. The Bertz CT molecular complexity index is 358. The maximum absolute atomic E-state index is 11.7. The number of carbonyl (C=O) groups is 1. The lowest BCUT2D eigenvalue weighted by molar-refractivity contribution is 0.0867. The van der Waals surface area contributed by atoms with Crippen LogP contribution in [0.2, 0.25) is 5.15 Å². The predicted octanol–water partition coefficient (Wildman–Crippen LogP) is 1.89. The normalized spacial score (nSPS) is 12.2. The second kappa shape index (κ2) is 6.45. The summed E-state index contributed by atoms with van der Waals surface area (Å²) in [4.78, 5) is 15.6. The van der Waals surface area contributed by atoms with E-state index < -0.39 is 0 Å². The number of hydrogen-bond donors (Lipinski definition) is 1. The Labute approximate surface area is 100.0 Å². The largest absolute Gasteiger partial charge is 0.380 e. The molecule has 0 spiro atoms. The highest BCUT2D eigenvalue weighted by Crippen LogP contribution is 2.05. The molecule has 16 heavy (non-hydrogen) atoms. The number of nitrogens with one attached hydrogen (secondary N) is 1. The van der Waals surface area contributed by atoms with E-state index in [0.29, 0.717) is 24.1 Å². The van der Waals surface area contributed by atoms with Crippen molar-refractivity contribution in [1.29, 1.82) is 0 Å². The zero-order valence-electron chi connectivity index (χ0n) is 9.37. The Morgan fingerprint density at radius 1 is 1.62 bits per heavy atom. The highest BCUT2D eigenvalue weighted by molar-refractivity contribution is 6.29. The molecule has 5 heteroatoms. The van der Waals surface area contributed by atoms with E-state index in [0.717, 1.165) is 0 Å².